The zero-order valence-corrected chi connectivity index (χ0v) is 12.4. The minimum Gasteiger partial charge on any atom is -0.446 e. The van der Waals surface area contributed by atoms with Crippen molar-refractivity contribution < 1.29 is 17.9 Å². The van der Waals surface area contributed by atoms with Gasteiger partial charge in [0, 0.05) is 6.92 Å². The number of carbonyl (C=O) groups is 1. The normalized spacial score (nSPS) is 12.6. The molecule has 0 fully saturated rings. The summed E-state index contributed by atoms with van der Waals surface area (Å²) >= 11 is 0. The molecular formula is C13H26O4S. The largest absolute Gasteiger partial charge is 0.446 e. The summed E-state index contributed by atoms with van der Waals surface area (Å²) in [4.78, 5) is 10.7. The van der Waals surface area contributed by atoms with Gasteiger partial charge in [-0.3, -0.25) is 4.79 Å². The van der Waals surface area contributed by atoms with Crippen LogP contribution in [0, 0.1) is 0 Å². The molecule has 18 heavy (non-hydrogen) atoms. The topological polar surface area (TPSA) is 60.4 Å². The molecule has 1 unspecified atom stereocenters. The third-order valence-corrected chi connectivity index (χ3v) is 3.68. The highest BCUT2D eigenvalue weighted by atomic mass is 32.2. The first kappa shape index (κ1) is 17.4. The smallest absolute Gasteiger partial charge is 0.303 e. The van der Waals surface area contributed by atoms with E-state index in [0.29, 0.717) is 6.42 Å². The molecule has 0 aliphatic heterocycles. The molecule has 0 saturated heterocycles. The van der Waals surface area contributed by atoms with Gasteiger partial charge in [0.1, 0.15) is 0 Å². The third-order valence-electron chi connectivity index (χ3n) is 2.84. The second kappa shape index (κ2) is 11.5. The van der Waals surface area contributed by atoms with Crippen molar-refractivity contribution >= 4 is 16.7 Å². The van der Waals surface area contributed by atoms with Crippen LogP contribution in [0.1, 0.15) is 71.6 Å². The van der Waals surface area contributed by atoms with Crippen LogP contribution >= 0.6 is 0 Å². The maximum absolute atomic E-state index is 10.8. The molecule has 0 aliphatic carbocycles. The lowest BCUT2D eigenvalue weighted by atomic mass is 10.1. The first-order valence-corrected chi connectivity index (χ1v) is 8.13. The minimum atomic E-state index is -2.67. The summed E-state index contributed by atoms with van der Waals surface area (Å²) in [6, 6.07) is 0. The fourth-order valence-corrected chi connectivity index (χ4v) is 2.48. The molecule has 0 aromatic rings. The molecule has 0 saturated carbocycles. The van der Waals surface area contributed by atoms with Crippen molar-refractivity contribution in [3.05, 3.63) is 0 Å². The Labute approximate surface area is 112 Å². The van der Waals surface area contributed by atoms with Crippen molar-refractivity contribution in [3.8, 4) is 0 Å². The van der Waals surface area contributed by atoms with Crippen LogP contribution in [0.15, 0.2) is 0 Å². The van der Waals surface area contributed by atoms with Gasteiger partial charge >= 0.3 is 5.97 Å². The van der Waals surface area contributed by atoms with E-state index in [1.165, 1.54) is 39.0 Å². The Hall–Kier alpha value is -0.580. The minimum absolute atomic E-state index is 0.424. The van der Waals surface area contributed by atoms with E-state index in [2.05, 4.69) is 6.92 Å². The van der Waals surface area contributed by atoms with E-state index in [-0.39, 0.29) is 0 Å². The van der Waals surface area contributed by atoms with Crippen LogP contribution in [-0.4, -0.2) is 19.8 Å². The first-order valence-electron chi connectivity index (χ1n) is 6.88. The number of hydrogen-bond acceptors (Lipinski definition) is 4. The average Bonchev–Trinajstić information content (AvgIpc) is 2.30. The molecule has 0 aliphatic rings. The second-order valence-electron chi connectivity index (χ2n) is 4.61. The van der Waals surface area contributed by atoms with Crippen LogP contribution in [0.2, 0.25) is 0 Å². The highest BCUT2D eigenvalue weighted by molar-refractivity contribution is 7.73. The molecule has 0 radical (unpaired) electrons. The zero-order valence-electron chi connectivity index (χ0n) is 11.5. The number of ether oxygens (including phenoxy) is 1. The van der Waals surface area contributed by atoms with Gasteiger partial charge in [-0.1, -0.05) is 51.9 Å². The van der Waals surface area contributed by atoms with E-state index in [9.17, 15) is 13.2 Å². The Kier molecular flexibility index (Phi) is 11.1. The summed E-state index contributed by atoms with van der Waals surface area (Å²) in [7, 11) is -2.67. The SMILES string of the molecule is CCCCCCCCCCC(OC(C)=O)[SH](=O)=O. The standard InChI is InChI=1S/C13H26O4S/c1-3-4-5-6-7-8-9-10-11-13(18(15)16)17-12(2)14/h13,18H,3-11H2,1-2H3. The van der Waals surface area contributed by atoms with Crippen LogP contribution in [0.5, 0.6) is 0 Å². The van der Waals surface area contributed by atoms with E-state index in [0.717, 1.165) is 19.3 Å². The second-order valence-corrected chi connectivity index (χ2v) is 5.76. The predicted molar refractivity (Wildman–Crippen MR) is 73.1 cm³/mol. The lowest BCUT2D eigenvalue weighted by Gasteiger charge is -2.10. The van der Waals surface area contributed by atoms with Crippen molar-refractivity contribution in [2.24, 2.45) is 0 Å². The van der Waals surface area contributed by atoms with Crippen LogP contribution in [0.3, 0.4) is 0 Å². The molecule has 0 N–H and O–H groups in total. The number of unbranched alkanes of at least 4 members (excludes halogenated alkanes) is 7. The van der Waals surface area contributed by atoms with Crippen molar-refractivity contribution in [2.45, 2.75) is 77.1 Å². The zero-order chi connectivity index (χ0) is 13.8. The van der Waals surface area contributed by atoms with Gasteiger partial charge in [-0.15, -0.1) is 0 Å². The molecule has 0 spiro atoms. The van der Waals surface area contributed by atoms with Gasteiger partial charge in [-0.05, 0) is 12.8 Å². The van der Waals surface area contributed by atoms with Crippen molar-refractivity contribution in [2.75, 3.05) is 0 Å². The number of rotatable bonds is 11. The van der Waals surface area contributed by atoms with E-state index in [4.69, 9.17) is 4.74 Å². The van der Waals surface area contributed by atoms with Gasteiger partial charge in [0.05, 0.1) is 0 Å². The molecule has 0 aromatic carbocycles. The van der Waals surface area contributed by atoms with Gasteiger partial charge in [0.25, 0.3) is 0 Å². The van der Waals surface area contributed by atoms with Crippen LogP contribution in [0.4, 0.5) is 0 Å². The average molecular weight is 278 g/mol. The summed E-state index contributed by atoms with van der Waals surface area (Å²) in [5.41, 5.74) is -0.933. The van der Waals surface area contributed by atoms with E-state index in [1.54, 1.807) is 0 Å². The third kappa shape index (κ3) is 10.6. The molecular weight excluding hydrogens is 252 g/mol. The molecule has 0 rings (SSSR count). The van der Waals surface area contributed by atoms with Gasteiger partial charge in [-0.2, -0.15) is 0 Å². The molecule has 108 valence electrons. The van der Waals surface area contributed by atoms with Crippen molar-refractivity contribution in [1.29, 1.82) is 0 Å². The number of thiol groups is 1. The highest BCUT2D eigenvalue weighted by Crippen LogP contribution is 2.12. The van der Waals surface area contributed by atoms with Gasteiger partial charge in [0.15, 0.2) is 16.1 Å². The van der Waals surface area contributed by atoms with E-state index < -0.39 is 22.1 Å². The molecule has 0 amide bonds. The van der Waals surface area contributed by atoms with Gasteiger partial charge in [0.2, 0.25) is 0 Å². The quantitative estimate of drug-likeness (QED) is 0.358. The lowest BCUT2D eigenvalue weighted by molar-refractivity contribution is -0.142. The number of esters is 1. The molecule has 1 atom stereocenters. The summed E-state index contributed by atoms with van der Waals surface area (Å²) in [5, 5.41) is 0. The highest BCUT2D eigenvalue weighted by Gasteiger charge is 2.13. The van der Waals surface area contributed by atoms with Gasteiger partial charge < -0.3 is 4.74 Å². The number of carbonyl (C=O) groups excluding carboxylic acids is 1. The fraction of sp³-hybridized carbons (Fsp3) is 0.923. The number of hydrogen-bond donors (Lipinski definition) is 1. The Balaban J connectivity index is 3.52. The molecule has 0 heterocycles. The molecule has 0 aromatic heterocycles. The van der Waals surface area contributed by atoms with Crippen LogP contribution in [0.25, 0.3) is 0 Å². The molecule has 0 bridgehead atoms. The Morgan fingerprint density at radius 3 is 1.94 bits per heavy atom. The monoisotopic (exact) mass is 278 g/mol. The summed E-state index contributed by atoms with van der Waals surface area (Å²) in [6.07, 6.45) is 9.67. The first-order chi connectivity index (χ1) is 8.57. The Morgan fingerprint density at radius 1 is 1.00 bits per heavy atom. The van der Waals surface area contributed by atoms with E-state index >= 15 is 0 Å². The van der Waals surface area contributed by atoms with Gasteiger partial charge in [-0.25, -0.2) is 8.42 Å². The predicted octanol–water partition coefficient (Wildman–Crippen LogP) is 3.02. The Bertz CT molecular complexity index is 279. The summed E-state index contributed by atoms with van der Waals surface area (Å²) < 4.78 is 26.4. The maximum Gasteiger partial charge on any atom is 0.303 e. The van der Waals surface area contributed by atoms with Crippen molar-refractivity contribution in [1.82, 2.24) is 0 Å². The Morgan fingerprint density at radius 2 is 1.50 bits per heavy atom. The maximum atomic E-state index is 10.8. The fourth-order valence-electron chi connectivity index (χ4n) is 1.85. The van der Waals surface area contributed by atoms with Crippen LogP contribution in [-0.2, 0) is 20.2 Å². The molecule has 4 nitrogen and oxygen atoms in total. The lowest BCUT2D eigenvalue weighted by Crippen LogP contribution is -2.17. The van der Waals surface area contributed by atoms with E-state index in [1.807, 2.05) is 0 Å². The van der Waals surface area contributed by atoms with Crippen molar-refractivity contribution in [3.63, 3.8) is 0 Å². The molecule has 5 heteroatoms. The summed E-state index contributed by atoms with van der Waals surface area (Å²) in [6.45, 7) is 3.43. The van der Waals surface area contributed by atoms with Crippen LogP contribution < -0.4 is 0 Å². The summed E-state index contributed by atoms with van der Waals surface area (Å²) in [5.74, 6) is -0.529.